The number of carbonyl (C=O) groups excluding carboxylic acids is 2. The van der Waals surface area contributed by atoms with E-state index in [4.69, 9.17) is 9.47 Å². The number of carboxylic acids is 2. The van der Waals surface area contributed by atoms with Crippen molar-refractivity contribution in [1.82, 2.24) is 0 Å². The molecule has 0 fully saturated rings. The maximum Gasteiger partial charge on any atom is 2.00 e. The normalized spacial score (nSPS) is 13.1. The molecule has 9 heteroatoms. The van der Waals surface area contributed by atoms with Crippen LogP contribution in [0.15, 0.2) is 60.7 Å². The third kappa shape index (κ3) is 36.0. The average molecular weight is 949 g/mol. The fourth-order valence-corrected chi connectivity index (χ4v) is 7.26. The molecule has 2 rings (SSSR count). The van der Waals surface area contributed by atoms with E-state index >= 15 is 0 Å². The fraction of sp³-hybridized carbons (Fsp3) is 0.720. The zero-order chi connectivity index (χ0) is 42.3. The Kier molecular flexibility index (Phi) is 41.2. The smallest absolute Gasteiger partial charge is 0.550 e. The summed E-state index contributed by atoms with van der Waals surface area (Å²) in [4.78, 5) is 20.9. The summed E-state index contributed by atoms with van der Waals surface area (Å²) in [5, 5.41) is 42.2. The molecule has 4 unspecified atom stereocenters. The molecule has 8 nitrogen and oxygen atoms in total. The topological polar surface area (TPSA) is 139 Å². The number of hydrogen-bond donors (Lipinski definition) is 2. The van der Waals surface area contributed by atoms with Crippen molar-refractivity contribution < 1.29 is 39.5 Å². The molecule has 4 atom stereocenters. The second kappa shape index (κ2) is 42.1. The van der Waals surface area contributed by atoms with Gasteiger partial charge in [0.2, 0.25) is 0 Å². The average Bonchev–Trinajstić information content (AvgIpc) is 3.22. The predicted octanol–water partition coefficient (Wildman–Crippen LogP) is 9.95. The standard InChI is InChI=1S/2C25H42O4.Ba/c2*1-2-3-4-5-6-7-14-19-24(29-21-22-16-11-10-12-17-22)23(26)18-13-8-9-15-20-25(27)28;/h2*10-12,16-17,23-24,26H,2-9,13-15,18-21H2,1H3,(H,27,28);/q;;+2/p-2. The molecule has 0 aliphatic heterocycles. The van der Waals surface area contributed by atoms with Gasteiger partial charge in [-0.25, -0.2) is 0 Å². The SMILES string of the molecule is CCCCCCCCCC(OCc1ccccc1)C(O)CCCCCCC(=O)[O-].CCCCCCCCCC(OCc1ccccc1)C(O)CCCCCCC(=O)[O-].[Ba+2]. The second-order valence-electron chi connectivity index (χ2n) is 16.3. The largest absolute Gasteiger partial charge is 2.00 e. The number of unbranched alkanes of at least 4 members (excludes halogenated alkanes) is 18. The van der Waals surface area contributed by atoms with E-state index in [1.54, 1.807) is 0 Å². The fourth-order valence-electron chi connectivity index (χ4n) is 7.26. The van der Waals surface area contributed by atoms with Crippen LogP contribution < -0.4 is 10.2 Å². The monoisotopic (exact) mass is 949 g/mol. The van der Waals surface area contributed by atoms with Crippen LogP contribution in [0.3, 0.4) is 0 Å². The summed E-state index contributed by atoms with van der Waals surface area (Å²) >= 11 is 0. The van der Waals surface area contributed by atoms with Gasteiger partial charge in [-0.3, -0.25) is 0 Å². The molecule has 0 bridgehead atoms. The summed E-state index contributed by atoms with van der Waals surface area (Å²) in [6, 6.07) is 20.2. The van der Waals surface area contributed by atoms with Gasteiger partial charge in [0.1, 0.15) is 0 Å². The van der Waals surface area contributed by atoms with E-state index in [1.807, 2.05) is 36.4 Å². The van der Waals surface area contributed by atoms with E-state index in [2.05, 4.69) is 38.1 Å². The number of aliphatic hydroxyl groups excluding tert-OH is 2. The maximum absolute atomic E-state index is 10.7. The van der Waals surface area contributed by atoms with Gasteiger partial charge in [-0.2, -0.15) is 0 Å². The Hall–Kier alpha value is -1.21. The Morgan fingerprint density at radius 2 is 0.746 bits per heavy atom. The molecule has 59 heavy (non-hydrogen) atoms. The molecule has 0 saturated carbocycles. The van der Waals surface area contributed by atoms with Crippen molar-refractivity contribution in [3.63, 3.8) is 0 Å². The van der Waals surface area contributed by atoms with Gasteiger partial charge in [-0.05, 0) is 62.5 Å². The molecule has 0 spiro atoms. The Labute approximate surface area is 400 Å². The van der Waals surface area contributed by atoms with E-state index in [1.165, 1.54) is 77.0 Å². The minimum Gasteiger partial charge on any atom is -0.550 e. The van der Waals surface area contributed by atoms with Crippen LogP contribution in [0, 0.1) is 0 Å². The first-order valence-electron chi connectivity index (χ1n) is 23.3. The van der Waals surface area contributed by atoms with Crippen molar-refractivity contribution in [3.05, 3.63) is 71.8 Å². The third-order valence-electron chi connectivity index (χ3n) is 10.9. The molecule has 2 aromatic carbocycles. The number of ether oxygens (including phenoxy) is 2. The molecule has 2 N–H and O–H groups in total. The minimum absolute atomic E-state index is 0. The summed E-state index contributed by atoms with van der Waals surface area (Å²) in [6.07, 6.45) is 26.6. The predicted molar refractivity (Wildman–Crippen MR) is 238 cm³/mol. The Morgan fingerprint density at radius 1 is 0.458 bits per heavy atom. The first-order chi connectivity index (χ1) is 28.3. The van der Waals surface area contributed by atoms with Gasteiger partial charge in [0.15, 0.2) is 0 Å². The number of hydrogen-bond acceptors (Lipinski definition) is 8. The number of carbonyl (C=O) groups is 2. The Bertz CT molecular complexity index is 1110. The summed E-state index contributed by atoms with van der Waals surface area (Å²) in [7, 11) is 0. The molecule has 332 valence electrons. The van der Waals surface area contributed by atoms with Gasteiger partial charge in [0.25, 0.3) is 0 Å². The second-order valence-corrected chi connectivity index (χ2v) is 16.3. The summed E-state index contributed by atoms with van der Waals surface area (Å²) in [6.45, 7) is 5.54. The first-order valence-corrected chi connectivity index (χ1v) is 23.3. The van der Waals surface area contributed by atoms with Crippen molar-refractivity contribution in [2.45, 2.75) is 231 Å². The maximum atomic E-state index is 10.7. The zero-order valence-corrected chi connectivity index (χ0v) is 41.8. The number of rotatable bonds is 38. The Balaban J connectivity index is 0.00000112. The van der Waals surface area contributed by atoms with Gasteiger partial charge >= 0.3 is 48.9 Å². The van der Waals surface area contributed by atoms with Gasteiger partial charge in [-0.1, -0.05) is 203 Å². The van der Waals surface area contributed by atoms with Gasteiger partial charge in [0, 0.05) is 11.9 Å². The van der Waals surface area contributed by atoms with Gasteiger partial charge in [-0.15, -0.1) is 0 Å². The molecule has 0 heterocycles. The third-order valence-corrected chi connectivity index (χ3v) is 10.9. The van der Waals surface area contributed by atoms with Crippen LogP contribution in [0.25, 0.3) is 0 Å². The van der Waals surface area contributed by atoms with E-state index in [0.717, 1.165) is 75.3 Å². The van der Waals surface area contributed by atoms with Crippen LogP contribution in [-0.2, 0) is 32.3 Å². The Morgan fingerprint density at radius 3 is 1.07 bits per heavy atom. The number of benzene rings is 2. The van der Waals surface area contributed by atoms with E-state index in [0.29, 0.717) is 38.9 Å². The van der Waals surface area contributed by atoms with Gasteiger partial charge in [0.05, 0.1) is 37.6 Å². The first kappa shape index (κ1) is 57.8. The summed E-state index contributed by atoms with van der Waals surface area (Å²) in [5.41, 5.74) is 2.26. The molecule has 0 aromatic heterocycles. The van der Waals surface area contributed by atoms with Crippen molar-refractivity contribution in [1.29, 1.82) is 0 Å². The molecule has 0 aliphatic rings. The molecule has 0 aliphatic carbocycles. The van der Waals surface area contributed by atoms with E-state index in [-0.39, 0.29) is 73.9 Å². The molecule has 2 aromatic rings. The van der Waals surface area contributed by atoms with Crippen molar-refractivity contribution >= 4 is 60.8 Å². The number of carboxylic acid groups (broad SMARTS) is 2. The number of aliphatic hydroxyl groups is 2. The quantitative estimate of drug-likeness (QED) is 0.0501. The zero-order valence-electron chi connectivity index (χ0n) is 37.3. The van der Waals surface area contributed by atoms with E-state index < -0.39 is 24.1 Å². The molecular weight excluding hydrogens is 866 g/mol. The van der Waals surface area contributed by atoms with Gasteiger partial charge < -0.3 is 39.5 Å². The van der Waals surface area contributed by atoms with Crippen molar-refractivity contribution in [3.8, 4) is 0 Å². The van der Waals surface area contributed by atoms with Crippen LogP contribution in [0.2, 0.25) is 0 Å². The van der Waals surface area contributed by atoms with Crippen LogP contribution >= 0.6 is 0 Å². The van der Waals surface area contributed by atoms with Crippen LogP contribution in [0.1, 0.15) is 205 Å². The molecule has 0 saturated heterocycles. The summed E-state index contributed by atoms with van der Waals surface area (Å²) < 4.78 is 12.2. The molecule has 0 radical (unpaired) electrons. The van der Waals surface area contributed by atoms with Crippen molar-refractivity contribution in [2.24, 2.45) is 0 Å². The molecular formula is C50H82BaO8. The van der Waals surface area contributed by atoms with Crippen LogP contribution in [0.5, 0.6) is 0 Å². The number of aliphatic carboxylic acids is 2. The minimum atomic E-state index is -0.978. The van der Waals surface area contributed by atoms with E-state index in [9.17, 15) is 30.0 Å². The van der Waals surface area contributed by atoms with Crippen LogP contribution in [0.4, 0.5) is 0 Å². The van der Waals surface area contributed by atoms with Crippen LogP contribution in [-0.4, -0.2) is 95.4 Å². The van der Waals surface area contributed by atoms with Crippen molar-refractivity contribution in [2.75, 3.05) is 0 Å². The summed E-state index contributed by atoms with van der Waals surface area (Å²) in [5.74, 6) is -1.96. The molecule has 0 amide bonds.